The van der Waals surface area contributed by atoms with Crippen molar-refractivity contribution in [2.75, 3.05) is 14.2 Å². The fourth-order valence-corrected chi connectivity index (χ4v) is 4.79. The van der Waals surface area contributed by atoms with Crippen molar-refractivity contribution in [2.24, 2.45) is 4.99 Å². The number of furan rings is 1. The number of rotatable bonds is 5. The van der Waals surface area contributed by atoms with Crippen molar-refractivity contribution in [2.45, 2.75) is 26.8 Å². The van der Waals surface area contributed by atoms with E-state index in [2.05, 4.69) is 4.99 Å². The molecule has 0 fully saturated rings. The molecular formula is C24H22N2O7S. The SMILES string of the molecule is COC(=O)C1=C(C)N=c2s/c(=C\c3ccc(C)o3)c(=O)n2C1c1ccc(OC(C)=O)c(OC)c1. The highest BCUT2D eigenvalue weighted by atomic mass is 32.1. The van der Waals surface area contributed by atoms with E-state index < -0.39 is 18.0 Å². The minimum atomic E-state index is -0.829. The molecule has 1 aromatic carbocycles. The van der Waals surface area contributed by atoms with E-state index in [-0.39, 0.29) is 22.6 Å². The van der Waals surface area contributed by atoms with Gasteiger partial charge in [-0.2, -0.15) is 0 Å². The highest BCUT2D eigenvalue weighted by Crippen LogP contribution is 2.36. The Morgan fingerprint density at radius 3 is 2.53 bits per heavy atom. The minimum Gasteiger partial charge on any atom is -0.493 e. The standard InChI is InChI=1S/C24H22N2O7S/c1-12-6-8-16(32-12)11-19-22(28)26-21(20(23(29)31-5)13(2)25-24(26)34-19)15-7-9-17(33-14(3)27)18(10-15)30-4/h6-11,21H,1-5H3/b19-11-. The lowest BCUT2D eigenvalue weighted by Crippen LogP contribution is -2.39. The molecule has 3 heterocycles. The summed E-state index contributed by atoms with van der Waals surface area (Å²) in [5.74, 6) is 0.652. The maximum Gasteiger partial charge on any atom is 0.338 e. The van der Waals surface area contributed by atoms with Gasteiger partial charge in [-0.3, -0.25) is 14.2 Å². The van der Waals surface area contributed by atoms with Gasteiger partial charge >= 0.3 is 11.9 Å². The number of benzene rings is 1. The van der Waals surface area contributed by atoms with Crippen LogP contribution in [0.2, 0.25) is 0 Å². The third kappa shape index (κ3) is 4.19. The predicted molar refractivity (Wildman–Crippen MR) is 124 cm³/mol. The normalized spacial score (nSPS) is 15.6. The molecule has 3 aromatic rings. The summed E-state index contributed by atoms with van der Waals surface area (Å²) in [5, 5.41) is 0. The summed E-state index contributed by atoms with van der Waals surface area (Å²) < 4.78 is 23.0. The average Bonchev–Trinajstić information content (AvgIpc) is 3.34. The number of aryl methyl sites for hydroxylation is 1. The lowest BCUT2D eigenvalue weighted by molar-refractivity contribution is -0.136. The van der Waals surface area contributed by atoms with Gasteiger partial charge in [0.15, 0.2) is 16.3 Å². The van der Waals surface area contributed by atoms with E-state index in [9.17, 15) is 14.4 Å². The third-order valence-electron chi connectivity index (χ3n) is 5.22. The van der Waals surface area contributed by atoms with Crippen molar-refractivity contribution >= 4 is 29.4 Å². The Labute approximate surface area is 198 Å². The van der Waals surface area contributed by atoms with Gasteiger partial charge in [0, 0.05) is 13.0 Å². The van der Waals surface area contributed by atoms with Gasteiger partial charge in [-0.15, -0.1) is 0 Å². The van der Waals surface area contributed by atoms with E-state index in [4.69, 9.17) is 18.6 Å². The average molecular weight is 483 g/mol. The zero-order valence-electron chi connectivity index (χ0n) is 19.2. The van der Waals surface area contributed by atoms with Crippen molar-refractivity contribution in [1.82, 2.24) is 4.57 Å². The monoisotopic (exact) mass is 482 g/mol. The number of nitrogens with zero attached hydrogens (tertiary/aromatic N) is 2. The molecule has 0 N–H and O–H groups in total. The number of ether oxygens (including phenoxy) is 3. The van der Waals surface area contributed by atoms with Crippen molar-refractivity contribution < 1.29 is 28.2 Å². The van der Waals surface area contributed by atoms with Gasteiger partial charge in [-0.1, -0.05) is 17.4 Å². The summed E-state index contributed by atoms with van der Waals surface area (Å²) in [4.78, 5) is 42.7. The first-order valence-corrected chi connectivity index (χ1v) is 11.1. The molecule has 10 heteroatoms. The second kappa shape index (κ2) is 9.14. The number of aromatic nitrogens is 1. The van der Waals surface area contributed by atoms with Gasteiger partial charge in [0.2, 0.25) is 0 Å². The molecule has 0 amide bonds. The smallest absolute Gasteiger partial charge is 0.338 e. The topological polar surface area (TPSA) is 109 Å². The summed E-state index contributed by atoms with van der Waals surface area (Å²) in [7, 11) is 2.71. The Balaban J connectivity index is 1.96. The number of allylic oxidation sites excluding steroid dienone is 1. The van der Waals surface area contributed by atoms with Crippen LogP contribution in [0, 0.1) is 6.92 Å². The highest BCUT2D eigenvalue weighted by Gasteiger charge is 2.33. The predicted octanol–water partition coefficient (Wildman–Crippen LogP) is 2.24. The first-order valence-electron chi connectivity index (χ1n) is 10.3. The first kappa shape index (κ1) is 23.2. The van der Waals surface area contributed by atoms with E-state index >= 15 is 0 Å². The minimum absolute atomic E-state index is 0.220. The Morgan fingerprint density at radius 1 is 1.15 bits per heavy atom. The summed E-state index contributed by atoms with van der Waals surface area (Å²) in [6.45, 7) is 4.79. The van der Waals surface area contributed by atoms with Gasteiger partial charge in [-0.25, -0.2) is 9.79 Å². The maximum atomic E-state index is 13.5. The Bertz CT molecular complexity index is 1510. The van der Waals surface area contributed by atoms with Crippen LogP contribution in [0.15, 0.2) is 55.8 Å². The molecule has 176 valence electrons. The summed E-state index contributed by atoms with van der Waals surface area (Å²) in [6, 6.07) is 7.60. The van der Waals surface area contributed by atoms with Gasteiger partial charge in [0.25, 0.3) is 5.56 Å². The number of hydrogen-bond acceptors (Lipinski definition) is 9. The quantitative estimate of drug-likeness (QED) is 0.405. The molecule has 9 nitrogen and oxygen atoms in total. The molecule has 0 bridgehead atoms. The maximum absolute atomic E-state index is 13.5. The third-order valence-corrected chi connectivity index (χ3v) is 6.20. The number of carbonyl (C=O) groups is 2. The molecule has 4 rings (SSSR count). The van der Waals surface area contributed by atoms with Crippen LogP contribution in [0.1, 0.15) is 37.0 Å². The number of esters is 2. The lowest BCUT2D eigenvalue weighted by Gasteiger charge is -2.25. The first-order chi connectivity index (χ1) is 16.2. The second-order valence-electron chi connectivity index (χ2n) is 7.53. The molecule has 0 spiro atoms. The van der Waals surface area contributed by atoms with Gasteiger partial charge < -0.3 is 18.6 Å². The van der Waals surface area contributed by atoms with E-state index in [0.29, 0.717) is 26.4 Å². The molecule has 0 saturated carbocycles. The van der Waals surface area contributed by atoms with E-state index in [1.807, 2.05) is 13.0 Å². The van der Waals surface area contributed by atoms with Crippen LogP contribution in [0.5, 0.6) is 11.5 Å². The van der Waals surface area contributed by atoms with Crippen LogP contribution >= 0.6 is 11.3 Å². The number of carbonyl (C=O) groups excluding carboxylic acids is 2. The van der Waals surface area contributed by atoms with Crippen LogP contribution in [0.4, 0.5) is 0 Å². The zero-order chi connectivity index (χ0) is 24.6. The fraction of sp³-hybridized carbons (Fsp3) is 0.250. The van der Waals surface area contributed by atoms with Gasteiger partial charge in [0.1, 0.15) is 11.5 Å². The molecule has 0 radical (unpaired) electrons. The summed E-state index contributed by atoms with van der Waals surface area (Å²) in [6.07, 6.45) is 1.65. The van der Waals surface area contributed by atoms with Crippen LogP contribution in [-0.2, 0) is 14.3 Å². The molecule has 1 unspecified atom stereocenters. The van der Waals surface area contributed by atoms with E-state index in [0.717, 1.165) is 5.76 Å². The van der Waals surface area contributed by atoms with Crippen LogP contribution < -0.4 is 24.4 Å². The second-order valence-corrected chi connectivity index (χ2v) is 8.53. The fourth-order valence-electron chi connectivity index (χ4n) is 3.76. The lowest BCUT2D eigenvalue weighted by atomic mass is 9.95. The number of hydrogen-bond donors (Lipinski definition) is 0. The number of fused-ring (bicyclic) bond motifs is 1. The molecule has 0 aliphatic carbocycles. The molecule has 1 aliphatic rings. The molecular weight excluding hydrogens is 460 g/mol. The number of methoxy groups -OCH3 is 2. The van der Waals surface area contributed by atoms with E-state index in [1.54, 1.807) is 37.3 Å². The van der Waals surface area contributed by atoms with Crippen LogP contribution in [0.3, 0.4) is 0 Å². The van der Waals surface area contributed by atoms with Gasteiger partial charge in [0.05, 0.1) is 36.1 Å². The summed E-state index contributed by atoms with van der Waals surface area (Å²) >= 11 is 1.19. The molecule has 1 aliphatic heterocycles. The highest BCUT2D eigenvalue weighted by molar-refractivity contribution is 7.07. The van der Waals surface area contributed by atoms with Crippen LogP contribution in [-0.4, -0.2) is 30.7 Å². The zero-order valence-corrected chi connectivity index (χ0v) is 20.0. The van der Waals surface area contributed by atoms with Crippen LogP contribution in [0.25, 0.3) is 6.08 Å². The van der Waals surface area contributed by atoms with Crippen molar-refractivity contribution in [1.29, 1.82) is 0 Å². The Morgan fingerprint density at radius 2 is 1.91 bits per heavy atom. The van der Waals surface area contributed by atoms with Crippen molar-refractivity contribution in [3.63, 3.8) is 0 Å². The molecule has 0 saturated heterocycles. The summed E-state index contributed by atoms with van der Waals surface area (Å²) in [5.41, 5.74) is 0.878. The Hall–Kier alpha value is -3.92. The molecule has 34 heavy (non-hydrogen) atoms. The Kier molecular flexibility index (Phi) is 6.25. The van der Waals surface area contributed by atoms with Gasteiger partial charge in [-0.05, 0) is 43.7 Å². The number of thiazole rings is 1. The largest absolute Gasteiger partial charge is 0.493 e. The van der Waals surface area contributed by atoms with Crippen molar-refractivity contribution in [3.8, 4) is 11.5 Å². The molecule has 1 atom stereocenters. The van der Waals surface area contributed by atoms with Crippen molar-refractivity contribution in [3.05, 3.63) is 78.4 Å². The molecule has 2 aromatic heterocycles. The van der Waals surface area contributed by atoms with E-state index in [1.165, 1.54) is 37.0 Å².